The average Bonchev–Trinajstić information content (AvgIpc) is 3.04. The number of hydrogen-bond donors (Lipinski definition) is 0. The van der Waals surface area contributed by atoms with Gasteiger partial charge in [-0.15, -0.1) is 0 Å². The van der Waals surface area contributed by atoms with Crippen LogP contribution in [0.1, 0.15) is 36.2 Å². The number of anilines is 2. The third-order valence-corrected chi connectivity index (χ3v) is 5.49. The lowest BCUT2D eigenvalue weighted by atomic mass is 10.2. The second-order valence-electron chi connectivity index (χ2n) is 7.28. The summed E-state index contributed by atoms with van der Waals surface area (Å²) in [6, 6.07) is 12.2. The van der Waals surface area contributed by atoms with Gasteiger partial charge < -0.3 is 14.7 Å². The lowest BCUT2D eigenvalue weighted by Gasteiger charge is -2.36. The largest absolute Gasteiger partial charge is 0.368 e. The first-order valence-corrected chi connectivity index (χ1v) is 9.97. The van der Waals surface area contributed by atoms with Gasteiger partial charge in [0.2, 0.25) is 0 Å². The maximum absolute atomic E-state index is 12.9. The number of benzene rings is 1. The molecular weight excluding hydrogens is 338 g/mol. The standard InChI is InChI=1S/C21H27N5O/c27-21(26-14-12-24(13-15-26)18-8-4-3-5-9-18)19-16-20(23-17-22-19)25-10-6-1-2-7-11-25/h3-5,8-9,16-17H,1-2,6-7,10-15H2. The first-order chi connectivity index (χ1) is 13.3. The third-order valence-electron chi connectivity index (χ3n) is 5.49. The average molecular weight is 365 g/mol. The van der Waals surface area contributed by atoms with E-state index < -0.39 is 0 Å². The quantitative estimate of drug-likeness (QED) is 0.837. The van der Waals surface area contributed by atoms with Gasteiger partial charge in [-0.05, 0) is 25.0 Å². The molecule has 0 aliphatic carbocycles. The zero-order chi connectivity index (χ0) is 18.5. The SMILES string of the molecule is O=C(c1cc(N2CCCCCC2)ncn1)N1CCN(c2ccccc2)CC1. The minimum Gasteiger partial charge on any atom is -0.368 e. The summed E-state index contributed by atoms with van der Waals surface area (Å²) >= 11 is 0. The Kier molecular flexibility index (Phi) is 5.51. The minimum atomic E-state index is 0.0150. The van der Waals surface area contributed by atoms with Crippen molar-refractivity contribution in [2.75, 3.05) is 49.1 Å². The van der Waals surface area contributed by atoms with Crippen molar-refractivity contribution in [3.63, 3.8) is 0 Å². The summed E-state index contributed by atoms with van der Waals surface area (Å²) in [7, 11) is 0. The highest BCUT2D eigenvalue weighted by Gasteiger charge is 2.24. The first kappa shape index (κ1) is 17.8. The van der Waals surface area contributed by atoms with Gasteiger partial charge in [0, 0.05) is 51.0 Å². The molecule has 3 heterocycles. The second-order valence-corrected chi connectivity index (χ2v) is 7.28. The van der Waals surface area contributed by atoms with Gasteiger partial charge in [0.25, 0.3) is 5.91 Å². The van der Waals surface area contributed by atoms with Crippen molar-refractivity contribution in [2.45, 2.75) is 25.7 Å². The van der Waals surface area contributed by atoms with Gasteiger partial charge in [-0.1, -0.05) is 31.0 Å². The molecule has 2 saturated heterocycles. The van der Waals surface area contributed by atoms with E-state index in [4.69, 9.17) is 0 Å². The Morgan fingerprint density at radius 3 is 2.19 bits per heavy atom. The molecule has 6 nitrogen and oxygen atoms in total. The van der Waals surface area contributed by atoms with Crippen molar-refractivity contribution < 1.29 is 4.79 Å². The molecule has 2 aromatic rings. The van der Waals surface area contributed by atoms with Crippen molar-refractivity contribution >= 4 is 17.4 Å². The number of hydrogen-bond acceptors (Lipinski definition) is 5. The van der Waals surface area contributed by atoms with Gasteiger partial charge >= 0.3 is 0 Å². The molecule has 2 aliphatic rings. The molecule has 0 N–H and O–H groups in total. The number of carbonyl (C=O) groups is 1. The molecule has 2 aliphatic heterocycles. The Bertz CT molecular complexity index is 750. The molecule has 0 saturated carbocycles. The van der Waals surface area contributed by atoms with Gasteiger partial charge in [0.15, 0.2) is 0 Å². The monoisotopic (exact) mass is 365 g/mol. The summed E-state index contributed by atoms with van der Waals surface area (Å²) in [5.41, 5.74) is 1.73. The van der Waals surface area contributed by atoms with E-state index in [1.165, 1.54) is 37.7 Å². The Morgan fingerprint density at radius 2 is 1.48 bits per heavy atom. The van der Waals surface area contributed by atoms with E-state index in [1.807, 2.05) is 17.0 Å². The number of amides is 1. The normalized spacial score (nSPS) is 18.3. The molecule has 0 radical (unpaired) electrons. The Labute approximate surface area is 160 Å². The van der Waals surface area contributed by atoms with E-state index in [0.29, 0.717) is 5.69 Å². The fraction of sp³-hybridized carbons (Fsp3) is 0.476. The Morgan fingerprint density at radius 1 is 0.778 bits per heavy atom. The highest BCUT2D eigenvalue weighted by molar-refractivity contribution is 5.93. The van der Waals surface area contributed by atoms with E-state index in [9.17, 15) is 4.79 Å². The van der Waals surface area contributed by atoms with Crippen LogP contribution in [-0.2, 0) is 0 Å². The van der Waals surface area contributed by atoms with Crippen molar-refractivity contribution in [1.82, 2.24) is 14.9 Å². The molecule has 4 rings (SSSR count). The van der Waals surface area contributed by atoms with Gasteiger partial charge in [0.05, 0.1) is 0 Å². The molecule has 6 heteroatoms. The van der Waals surface area contributed by atoms with Crippen LogP contribution in [0.15, 0.2) is 42.7 Å². The van der Waals surface area contributed by atoms with Crippen molar-refractivity contribution in [2.24, 2.45) is 0 Å². The lowest BCUT2D eigenvalue weighted by molar-refractivity contribution is 0.0740. The maximum atomic E-state index is 12.9. The van der Waals surface area contributed by atoms with Crippen molar-refractivity contribution in [3.8, 4) is 0 Å². The zero-order valence-corrected chi connectivity index (χ0v) is 15.8. The van der Waals surface area contributed by atoms with Gasteiger partial charge in [-0.3, -0.25) is 4.79 Å². The molecule has 142 valence electrons. The summed E-state index contributed by atoms with van der Waals surface area (Å²) < 4.78 is 0. The number of nitrogens with zero attached hydrogens (tertiary/aromatic N) is 5. The lowest BCUT2D eigenvalue weighted by Crippen LogP contribution is -2.49. The predicted octanol–water partition coefficient (Wildman–Crippen LogP) is 2.82. The zero-order valence-electron chi connectivity index (χ0n) is 15.8. The van der Waals surface area contributed by atoms with E-state index in [0.717, 1.165) is 45.1 Å². The molecule has 0 bridgehead atoms. The van der Waals surface area contributed by atoms with Crippen LogP contribution >= 0.6 is 0 Å². The van der Waals surface area contributed by atoms with Crippen LogP contribution in [0.5, 0.6) is 0 Å². The molecule has 0 unspecified atom stereocenters. The van der Waals surface area contributed by atoms with E-state index >= 15 is 0 Å². The molecular formula is C21H27N5O. The van der Waals surface area contributed by atoms with E-state index in [-0.39, 0.29) is 5.91 Å². The maximum Gasteiger partial charge on any atom is 0.272 e. The Hall–Kier alpha value is -2.63. The van der Waals surface area contributed by atoms with Gasteiger partial charge in [0.1, 0.15) is 17.8 Å². The molecule has 0 spiro atoms. The molecule has 0 atom stereocenters. The highest BCUT2D eigenvalue weighted by Crippen LogP contribution is 2.19. The minimum absolute atomic E-state index is 0.0150. The number of carbonyl (C=O) groups excluding carboxylic acids is 1. The van der Waals surface area contributed by atoms with Crippen LogP contribution in [0, 0.1) is 0 Å². The van der Waals surface area contributed by atoms with Crippen LogP contribution in [-0.4, -0.2) is 60.0 Å². The third kappa shape index (κ3) is 4.21. The summed E-state index contributed by atoms with van der Waals surface area (Å²) in [6.07, 6.45) is 6.47. The molecule has 1 amide bonds. The highest BCUT2D eigenvalue weighted by atomic mass is 16.2. The van der Waals surface area contributed by atoms with E-state index in [1.54, 1.807) is 0 Å². The van der Waals surface area contributed by atoms with Crippen LogP contribution in [0.25, 0.3) is 0 Å². The fourth-order valence-corrected chi connectivity index (χ4v) is 3.91. The first-order valence-electron chi connectivity index (χ1n) is 9.97. The van der Waals surface area contributed by atoms with Crippen LogP contribution in [0.2, 0.25) is 0 Å². The van der Waals surface area contributed by atoms with Crippen molar-refractivity contribution in [3.05, 3.63) is 48.4 Å². The summed E-state index contributed by atoms with van der Waals surface area (Å²) in [5.74, 6) is 0.902. The van der Waals surface area contributed by atoms with Crippen LogP contribution < -0.4 is 9.80 Å². The number of rotatable bonds is 3. The number of piperazine rings is 1. The summed E-state index contributed by atoms with van der Waals surface area (Å²) in [6.45, 7) is 5.16. The molecule has 27 heavy (non-hydrogen) atoms. The molecule has 1 aromatic carbocycles. The number of para-hydroxylation sites is 1. The second kappa shape index (κ2) is 8.37. The molecule has 1 aromatic heterocycles. The Balaban J connectivity index is 1.40. The van der Waals surface area contributed by atoms with Crippen LogP contribution in [0.3, 0.4) is 0 Å². The summed E-state index contributed by atoms with van der Waals surface area (Å²) in [4.78, 5) is 28.2. The molecule has 2 fully saturated rings. The topological polar surface area (TPSA) is 52.6 Å². The van der Waals surface area contributed by atoms with Gasteiger partial charge in [-0.25, -0.2) is 9.97 Å². The summed E-state index contributed by atoms with van der Waals surface area (Å²) in [5, 5.41) is 0. The van der Waals surface area contributed by atoms with Crippen molar-refractivity contribution in [1.29, 1.82) is 0 Å². The number of aromatic nitrogens is 2. The predicted molar refractivity (Wildman–Crippen MR) is 107 cm³/mol. The fourth-order valence-electron chi connectivity index (χ4n) is 3.91. The smallest absolute Gasteiger partial charge is 0.272 e. The van der Waals surface area contributed by atoms with Gasteiger partial charge in [-0.2, -0.15) is 0 Å². The van der Waals surface area contributed by atoms with Crippen LogP contribution in [0.4, 0.5) is 11.5 Å². The van der Waals surface area contributed by atoms with E-state index in [2.05, 4.69) is 44.0 Å².